The molecule has 0 saturated heterocycles. The third-order valence-corrected chi connectivity index (χ3v) is 1.26. The van der Waals surface area contributed by atoms with Gasteiger partial charge in [-0.3, -0.25) is 9.11 Å². The summed E-state index contributed by atoms with van der Waals surface area (Å²) in [4.78, 5) is 0. The topological polar surface area (TPSA) is 94.8 Å². The molecule has 84 valence electrons. The molecular formula is C7H19NaO5S. The minimum Gasteiger partial charge on any atom is -1.00 e. The van der Waals surface area contributed by atoms with E-state index in [0.29, 0.717) is 6.61 Å². The molecule has 0 aromatic heterocycles. The summed E-state index contributed by atoms with van der Waals surface area (Å²) >= 11 is 0. The van der Waals surface area contributed by atoms with Gasteiger partial charge < -0.3 is 6.53 Å². The van der Waals surface area contributed by atoms with E-state index in [1.807, 2.05) is 0 Å². The third kappa shape index (κ3) is 52.8. The van der Waals surface area contributed by atoms with Gasteiger partial charge in [0, 0.05) is 6.61 Å². The molecule has 0 bridgehead atoms. The standard InChI is InChI=1S/C7H16O.Na.H2O4S.H/c1-2-3-4-5-6-7-8;;1-5(2,3)4;/h8H,2-7H2,1H3;;(H2,1,2,3,4);/q;+1;;-1. The second-order valence-corrected chi connectivity index (χ2v) is 3.48. The van der Waals surface area contributed by atoms with Crippen molar-refractivity contribution in [3.05, 3.63) is 0 Å². The van der Waals surface area contributed by atoms with Gasteiger partial charge in [-0.1, -0.05) is 32.6 Å². The second kappa shape index (κ2) is 13.8. The molecule has 0 heterocycles. The largest absolute Gasteiger partial charge is 1.00 e. The summed E-state index contributed by atoms with van der Waals surface area (Å²) in [6.07, 6.45) is 6.08. The Hall–Kier alpha value is 0.830. The van der Waals surface area contributed by atoms with Crippen LogP contribution >= 0.6 is 0 Å². The zero-order valence-corrected chi connectivity index (χ0v) is 11.6. The molecule has 0 aromatic rings. The Labute approximate surface area is 109 Å². The molecule has 5 nitrogen and oxygen atoms in total. The summed E-state index contributed by atoms with van der Waals surface area (Å²) in [6, 6.07) is 0. The number of aliphatic hydroxyl groups is 1. The van der Waals surface area contributed by atoms with Crippen molar-refractivity contribution in [2.45, 2.75) is 39.0 Å². The van der Waals surface area contributed by atoms with Gasteiger partial charge in [0.15, 0.2) is 0 Å². The van der Waals surface area contributed by atoms with Gasteiger partial charge in [-0.2, -0.15) is 8.42 Å². The molecule has 0 fully saturated rings. The summed E-state index contributed by atoms with van der Waals surface area (Å²) in [7, 11) is -4.67. The Morgan fingerprint density at radius 2 is 1.43 bits per heavy atom. The van der Waals surface area contributed by atoms with Gasteiger partial charge >= 0.3 is 40.0 Å². The minimum absolute atomic E-state index is 0. The smallest absolute Gasteiger partial charge is 1.00 e. The molecule has 0 rings (SSSR count). The van der Waals surface area contributed by atoms with Crippen LogP contribution in [0.25, 0.3) is 0 Å². The van der Waals surface area contributed by atoms with Gasteiger partial charge in [-0.15, -0.1) is 0 Å². The van der Waals surface area contributed by atoms with E-state index in [-0.39, 0.29) is 31.0 Å². The van der Waals surface area contributed by atoms with E-state index in [0.717, 1.165) is 6.42 Å². The van der Waals surface area contributed by atoms with Gasteiger partial charge in [-0.25, -0.2) is 0 Å². The van der Waals surface area contributed by atoms with Crippen LogP contribution in [0.3, 0.4) is 0 Å². The van der Waals surface area contributed by atoms with E-state index in [4.69, 9.17) is 22.6 Å². The van der Waals surface area contributed by atoms with Crippen LogP contribution < -0.4 is 29.6 Å². The van der Waals surface area contributed by atoms with Crippen LogP contribution in [0.1, 0.15) is 40.5 Å². The molecule has 7 heteroatoms. The van der Waals surface area contributed by atoms with Crippen LogP contribution in [0, 0.1) is 0 Å². The zero-order valence-electron chi connectivity index (χ0n) is 9.81. The number of hydrogen-bond donors (Lipinski definition) is 3. The van der Waals surface area contributed by atoms with Crippen LogP contribution in [0.15, 0.2) is 0 Å². The van der Waals surface area contributed by atoms with Crippen LogP contribution in [0.4, 0.5) is 0 Å². The van der Waals surface area contributed by atoms with Crippen LogP contribution in [0.2, 0.25) is 0 Å². The maximum Gasteiger partial charge on any atom is 1.00 e. The molecule has 0 aliphatic rings. The third-order valence-electron chi connectivity index (χ3n) is 1.26. The maximum atomic E-state index is 8.74. The Balaban J connectivity index is -0.0000000770. The number of unbranched alkanes of at least 4 members (excludes halogenated alkanes) is 4. The molecule has 0 aliphatic carbocycles. The van der Waals surface area contributed by atoms with E-state index in [9.17, 15) is 0 Å². The van der Waals surface area contributed by atoms with E-state index in [1.165, 1.54) is 25.7 Å². The number of aliphatic hydroxyl groups excluding tert-OH is 1. The summed E-state index contributed by atoms with van der Waals surface area (Å²) in [5.41, 5.74) is 0. The fraction of sp³-hybridized carbons (Fsp3) is 1.00. The number of hydrogen-bond acceptors (Lipinski definition) is 3. The number of rotatable bonds is 5. The SMILES string of the molecule is CCCCCCCO.O=S(=O)(O)O.[H-].[Na+]. The van der Waals surface area contributed by atoms with E-state index < -0.39 is 10.4 Å². The van der Waals surface area contributed by atoms with Gasteiger partial charge in [-0.05, 0) is 6.42 Å². The summed E-state index contributed by atoms with van der Waals surface area (Å²) in [5.74, 6) is 0. The van der Waals surface area contributed by atoms with Gasteiger partial charge in [0.1, 0.15) is 0 Å². The normalized spacial score (nSPS) is 9.71. The van der Waals surface area contributed by atoms with Crippen molar-refractivity contribution < 1.29 is 53.6 Å². The fourth-order valence-electron chi connectivity index (χ4n) is 0.715. The predicted molar refractivity (Wildman–Crippen MR) is 51.1 cm³/mol. The van der Waals surface area contributed by atoms with Gasteiger partial charge in [0.25, 0.3) is 0 Å². The first-order chi connectivity index (χ1) is 5.91. The predicted octanol–water partition coefficient (Wildman–Crippen LogP) is -1.59. The van der Waals surface area contributed by atoms with Crippen LogP contribution in [-0.4, -0.2) is 29.2 Å². The first-order valence-electron chi connectivity index (χ1n) is 4.22. The molecule has 0 unspecified atom stereocenters. The molecule has 0 atom stereocenters. The first-order valence-corrected chi connectivity index (χ1v) is 5.62. The van der Waals surface area contributed by atoms with Crippen LogP contribution in [-0.2, 0) is 10.4 Å². The molecule has 0 radical (unpaired) electrons. The Kier molecular flexibility index (Phi) is 20.0. The van der Waals surface area contributed by atoms with Crippen molar-refractivity contribution in [3.63, 3.8) is 0 Å². The molecule has 3 N–H and O–H groups in total. The van der Waals surface area contributed by atoms with Crippen molar-refractivity contribution in [2.24, 2.45) is 0 Å². The Morgan fingerprint density at radius 3 is 1.71 bits per heavy atom. The first kappa shape index (κ1) is 20.3. The van der Waals surface area contributed by atoms with Crippen molar-refractivity contribution in [1.82, 2.24) is 0 Å². The van der Waals surface area contributed by atoms with Crippen LogP contribution in [0.5, 0.6) is 0 Å². The summed E-state index contributed by atoms with van der Waals surface area (Å²) in [6.45, 7) is 2.56. The summed E-state index contributed by atoms with van der Waals surface area (Å²) in [5, 5.41) is 8.37. The Morgan fingerprint density at radius 1 is 1.07 bits per heavy atom. The van der Waals surface area contributed by atoms with E-state index in [2.05, 4.69) is 6.92 Å². The average molecular weight is 238 g/mol. The quantitative estimate of drug-likeness (QED) is 0.305. The zero-order chi connectivity index (χ0) is 10.7. The summed E-state index contributed by atoms with van der Waals surface area (Å²) < 4.78 is 31.6. The molecule has 14 heavy (non-hydrogen) atoms. The molecule has 0 spiro atoms. The Bertz CT molecular complexity index is 172. The monoisotopic (exact) mass is 238 g/mol. The van der Waals surface area contributed by atoms with E-state index >= 15 is 0 Å². The molecule has 0 saturated carbocycles. The average Bonchev–Trinajstić information content (AvgIpc) is 1.95. The minimum atomic E-state index is -4.67. The van der Waals surface area contributed by atoms with E-state index in [1.54, 1.807) is 0 Å². The molecular weight excluding hydrogens is 219 g/mol. The molecule has 0 amide bonds. The van der Waals surface area contributed by atoms with Gasteiger partial charge in [0.2, 0.25) is 0 Å². The van der Waals surface area contributed by atoms with Crippen molar-refractivity contribution >= 4 is 10.4 Å². The fourth-order valence-corrected chi connectivity index (χ4v) is 0.715. The van der Waals surface area contributed by atoms with Gasteiger partial charge in [0.05, 0.1) is 0 Å². The second-order valence-electron chi connectivity index (χ2n) is 2.59. The molecule has 0 aliphatic heterocycles. The van der Waals surface area contributed by atoms with Crippen molar-refractivity contribution in [1.29, 1.82) is 0 Å². The maximum absolute atomic E-state index is 8.74. The van der Waals surface area contributed by atoms with Crippen molar-refractivity contribution in [3.8, 4) is 0 Å². The molecule has 0 aromatic carbocycles. The van der Waals surface area contributed by atoms with Crippen molar-refractivity contribution in [2.75, 3.05) is 6.61 Å².